The molecule has 2 aliphatic rings. The second kappa shape index (κ2) is 4.44. The maximum absolute atomic E-state index is 12.2. The topological polar surface area (TPSA) is 98.2 Å². The number of carboxylic acids is 1. The minimum absolute atomic E-state index is 0.0241. The third-order valence-corrected chi connectivity index (χ3v) is 5.31. The lowest BCUT2D eigenvalue weighted by molar-refractivity contribution is -0.143. The van der Waals surface area contributed by atoms with Crippen LogP contribution in [-0.2, 0) is 15.0 Å². The van der Waals surface area contributed by atoms with Crippen molar-refractivity contribution in [3.05, 3.63) is 0 Å². The Morgan fingerprint density at radius 2 is 1.94 bits per heavy atom. The van der Waals surface area contributed by atoms with Crippen molar-refractivity contribution in [2.75, 3.05) is 26.2 Å². The van der Waals surface area contributed by atoms with E-state index in [9.17, 15) is 18.3 Å². The third kappa shape index (κ3) is 2.51. The second-order valence-corrected chi connectivity index (χ2v) is 7.24. The number of rotatable bonds is 3. The van der Waals surface area contributed by atoms with Gasteiger partial charge in [0, 0.05) is 26.2 Å². The summed E-state index contributed by atoms with van der Waals surface area (Å²) in [5.41, 5.74) is -0.963. The molecule has 1 atom stereocenters. The highest BCUT2D eigenvalue weighted by molar-refractivity contribution is 7.86. The summed E-state index contributed by atoms with van der Waals surface area (Å²) in [6, 6.07) is 0. The van der Waals surface area contributed by atoms with Crippen LogP contribution in [0.4, 0.5) is 0 Å². The Hall–Kier alpha value is -0.700. The van der Waals surface area contributed by atoms with E-state index >= 15 is 0 Å². The summed E-state index contributed by atoms with van der Waals surface area (Å²) in [4.78, 5) is 10.9. The van der Waals surface area contributed by atoms with E-state index in [-0.39, 0.29) is 19.6 Å². The van der Waals surface area contributed by atoms with Crippen molar-refractivity contribution in [2.24, 2.45) is 5.92 Å². The molecule has 0 aromatic carbocycles. The molecule has 0 aromatic heterocycles. The number of piperidine rings is 1. The van der Waals surface area contributed by atoms with Crippen LogP contribution >= 0.6 is 0 Å². The van der Waals surface area contributed by atoms with Crippen LogP contribution in [-0.4, -0.2) is 65.0 Å². The summed E-state index contributed by atoms with van der Waals surface area (Å²) >= 11 is 0. The van der Waals surface area contributed by atoms with Crippen molar-refractivity contribution in [1.29, 1.82) is 0 Å². The number of hydrogen-bond donors (Lipinski definition) is 2. The molecule has 0 amide bonds. The predicted molar refractivity (Wildman–Crippen MR) is 63.0 cm³/mol. The van der Waals surface area contributed by atoms with Gasteiger partial charge in [0.1, 0.15) is 0 Å². The average molecular weight is 278 g/mol. The van der Waals surface area contributed by atoms with Gasteiger partial charge in [-0.05, 0) is 19.8 Å². The molecule has 2 fully saturated rings. The predicted octanol–water partition coefficient (Wildman–Crippen LogP) is -0.906. The van der Waals surface area contributed by atoms with Gasteiger partial charge in [-0.2, -0.15) is 17.0 Å². The molecule has 2 rings (SSSR count). The fraction of sp³-hybridized carbons (Fsp3) is 0.900. The van der Waals surface area contributed by atoms with Crippen LogP contribution in [0.5, 0.6) is 0 Å². The second-order valence-electron chi connectivity index (χ2n) is 5.31. The van der Waals surface area contributed by atoms with Gasteiger partial charge >= 0.3 is 5.97 Å². The highest BCUT2D eigenvalue weighted by Gasteiger charge is 2.46. The van der Waals surface area contributed by atoms with Crippen molar-refractivity contribution in [1.82, 2.24) is 8.61 Å². The van der Waals surface area contributed by atoms with Gasteiger partial charge in [0.25, 0.3) is 10.2 Å². The number of hydrogen-bond acceptors (Lipinski definition) is 4. The van der Waals surface area contributed by atoms with Gasteiger partial charge in [-0.1, -0.05) is 0 Å². The number of aliphatic carboxylic acids is 1. The Labute approximate surface area is 106 Å². The van der Waals surface area contributed by atoms with Gasteiger partial charge in [-0.15, -0.1) is 0 Å². The zero-order chi connectivity index (χ0) is 13.6. The van der Waals surface area contributed by atoms with E-state index in [1.54, 1.807) is 6.92 Å². The van der Waals surface area contributed by atoms with E-state index < -0.39 is 27.7 Å². The molecule has 7 nitrogen and oxygen atoms in total. The Kier molecular flexibility index (Phi) is 3.39. The van der Waals surface area contributed by atoms with E-state index in [1.807, 2.05) is 0 Å². The van der Waals surface area contributed by atoms with Crippen molar-refractivity contribution in [3.63, 3.8) is 0 Å². The van der Waals surface area contributed by atoms with Crippen molar-refractivity contribution >= 4 is 16.2 Å². The molecule has 0 radical (unpaired) electrons. The molecule has 2 aliphatic heterocycles. The summed E-state index contributed by atoms with van der Waals surface area (Å²) < 4.78 is 26.7. The number of carbonyl (C=O) groups is 1. The van der Waals surface area contributed by atoms with Crippen LogP contribution < -0.4 is 0 Å². The van der Waals surface area contributed by atoms with Gasteiger partial charge in [-0.25, -0.2) is 0 Å². The first kappa shape index (κ1) is 13.7. The van der Waals surface area contributed by atoms with E-state index in [4.69, 9.17) is 5.11 Å². The first-order chi connectivity index (χ1) is 8.22. The molecular weight excluding hydrogens is 260 g/mol. The summed E-state index contributed by atoms with van der Waals surface area (Å²) in [7, 11) is -3.62. The molecule has 0 aromatic rings. The number of β-amino-alcohol motifs (C(OH)–C–C–N with tert-alkyl or cyclic N) is 1. The van der Waals surface area contributed by atoms with Crippen LogP contribution in [0.15, 0.2) is 0 Å². The molecule has 2 saturated heterocycles. The standard InChI is InChI=1S/C10H18N2O5S/c1-10(15)6-12(7-10)18(16,17)11-4-2-3-8(5-11)9(13)14/h8,15H,2-7H2,1H3,(H,13,14). The molecule has 104 valence electrons. The average Bonchev–Trinajstić information content (AvgIpc) is 2.26. The lowest BCUT2D eigenvalue weighted by Gasteiger charge is -2.45. The zero-order valence-electron chi connectivity index (χ0n) is 10.2. The maximum Gasteiger partial charge on any atom is 0.307 e. The van der Waals surface area contributed by atoms with Gasteiger partial charge in [0.2, 0.25) is 0 Å². The quantitative estimate of drug-likeness (QED) is 0.697. The fourth-order valence-electron chi connectivity index (χ4n) is 2.39. The van der Waals surface area contributed by atoms with Gasteiger partial charge in [0.05, 0.1) is 11.5 Å². The lowest BCUT2D eigenvalue weighted by Crippen LogP contribution is -2.65. The molecule has 8 heteroatoms. The third-order valence-electron chi connectivity index (χ3n) is 3.42. The largest absolute Gasteiger partial charge is 0.481 e. The van der Waals surface area contributed by atoms with Crippen LogP contribution in [0.1, 0.15) is 19.8 Å². The summed E-state index contributed by atoms with van der Waals surface area (Å²) in [5.74, 6) is -1.58. The molecule has 1 unspecified atom stereocenters. The molecule has 0 aliphatic carbocycles. The van der Waals surface area contributed by atoms with Crippen LogP contribution in [0.25, 0.3) is 0 Å². The van der Waals surface area contributed by atoms with E-state index in [2.05, 4.69) is 0 Å². The minimum atomic E-state index is -3.62. The minimum Gasteiger partial charge on any atom is -0.481 e. The SMILES string of the molecule is CC1(O)CN(S(=O)(=O)N2CCCC(C(=O)O)C2)C1. The van der Waals surface area contributed by atoms with Crippen LogP contribution in [0.2, 0.25) is 0 Å². The van der Waals surface area contributed by atoms with Crippen LogP contribution in [0.3, 0.4) is 0 Å². The lowest BCUT2D eigenvalue weighted by atomic mass is 10.0. The Morgan fingerprint density at radius 3 is 2.44 bits per heavy atom. The first-order valence-corrected chi connectivity index (χ1v) is 7.32. The summed E-state index contributed by atoms with van der Waals surface area (Å²) in [5, 5.41) is 18.5. The molecule has 0 saturated carbocycles. The summed E-state index contributed by atoms with van der Waals surface area (Å²) in [6.07, 6.45) is 1.07. The molecule has 0 spiro atoms. The van der Waals surface area contributed by atoms with Crippen molar-refractivity contribution in [2.45, 2.75) is 25.4 Å². The molecule has 2 N–H and O–H groups in total. The normalized spacial score (nSPS) is 29.8. The van der Waals surface area contributed by atoms with E-state index in [1.165, 1.54) is 8.61 Å². The molecule has 0 bridgehead atoms. The Balaban J connectivity index is 2.04. The number of carboxylic acid groups (broad SMARTS) is 1. The number of nitrogens with zero attached hydrogens (tertiary/aromatic N) is 2. The van der Waals surface area contributed by atoms with Crippen molar-refractivity contribution < 1.29 is 23.4 Å². The molecular formula is C10H18N2O5S. The van der Waals surface area contributed by atoms with Gasteiger partial charge in [0.15, 0.2) is 0 Å². The molecule has 2 heterocycles. The molecule has 18 heavy (non-hydrogen) atoms. The van der Waals surface area contributed by atoms with E-state index in [0.717, 1.165) is 0 Å². The Bertz CT molecular complexity index is 439. The highest BCUT2D eigenvalue weighted by atomic mass is 32.2. The highest BCUT2D eigenvalue weighted by Crippen LogP contribution is 2.28. The maximum atomic E-state index is 12.2. The first-order valence-electron chi connectivity index (χ1n) is 5.93. The smallest absolute Gasteiger partial charge is 0.307 e. The van der Waals surface area contributed by atoms with Gasteiger partial charge < -0.3 is 10.2 Å². The fourth-order valence-corrected chi connectivity index (χ4v) is 4.33. The number of aliphatic hydroxyl groups is 1. The van der Waals surface area contributed by atoms with Crippen molar-refractivity contribution in [3.8, 4) is 0 Å². The Morgan fingerprint density at radius 1 is 1.33 bits per heavy atom. The zero-order valence-corrected chi connectivity index (χ0v) is 11.1. The van der Waals surface area contributed by atoms with Gasteiger partial charge in [-0.3, -0.25) is 4.79 Å². The summed E-state index contributed by atoms with van der Waals surface area (Å²) in [6.45, 7) is 2.10. The van der Waals surface area contributed by atoms with Crippen LogP contribution in [0, 0.1) is 5.92 Å². The monoisotopic (exact) mass is 278 g/mol. The van der Waals surface area contributed by atoms with E-state index in [0.29, 0.717) is 19.4 Å².